The smallest absolute Gasteiger partial charge is 0.00229 e. The summed E-state index contributed by atoms with van der Waals surface area (Å²) in [6, 6.07) is 0. The zero-order chi connectivity index (χ0) is 7.28. The molecule has 0 saturated carbocycles. The Bertz CT molecular complexity index is 82.6. The summed E-state index contributed by atoms with van der Waals surface area (Å²) >= 11 is 4.25. The lowest BCUT2D eigenvalue weighted by atomic mass is 10.2. The van der Waals surface area contributed by atoms with Crippen molar-refractivity contribution in [2.24, 2.45) is 5.92 Å². The number of allylic oxidation sites excluding steroid dienone is 2. The van der Waals surface area contributed by atoms with Crippen molar-refractivity contribution in [2.45, 2.75) is 32.4 Å². The van der Waals surface area contributed by atoms with Gasteiger partial charge in [-0.25, -0.2) is 0 Å². The molecule has 1 unspecified atom stereocenters. The average molecular weight is 144 g/mol. The van der Waals surface area contributed by atoms with Crippen molar-refractivity contribution in [3.05, 3.63) is 12.2 Å². The summed E-state index contributed by atoms with van der Waals surface area (Å²) in [6.07, 6.45) is 5.50. The Kier molecular flexibility index (Phi) is 4.97. The third-order valence-electron chi connectivity index (χ3n) is 0.998. The van der Waals surface area contributed by atoms with Crippen LogP contribution in [0.5, 0.6) is 0 Å². The summed E-state index contributed by atoms with van der Waals surface area (Å²) in [5, 5.41) is 0.500. The van der Waals surface area contributed by atoms with E-state index in [-0.39, 0.29) is 0 Å². The summed E-state index contributed by atoms with van der Waals surface area (Å²) in [7, 11) is 0. The molecule has 0 fully saturated rings. The minimum atomic E-state index is 0.500. The van der Waals surface area contributed by atoms with Gasteiger partial charge in [-0.15, -0.1) is 0 Å². The highest BCUT2D eigenvalue weighted by molar-refractivity contribution is 7.80. The van der Waals surface area contributed by atoms with Crippen LogP contribution in [-0.2, 0) is 0 Å². The molecule has 0 radical (unpaired) electrons. The summed E-state index contributed by atoms with van der Waals surface area (Å²) in [5.41, 5.74) is 0. The van der Waals surface area contributed by atoms with Gasteiger partial charge in [-0.05, 0) is 12.3 Å². The molecule has 9 heavy (non-hydrogen) atoms. The van der Waals surface area contributed by atoms with Crippen molar-refractivity contribution in [1.29, 1.82) is 0 Å². The second-order valence-corrected chi connectivity index (χ2v) is 3.64. The van der Waals surface area contributed by atoms with E-state index in [0.29, 0.717) is 11.2 Å². The summed E-state index contributed by atoms with van der Waals surface area (Å²) in [6.45, 7) is 6.47. The monoisotopic (exact) mass is 144 g/mol. The van der Waals surface area contributed by atoms with Crippen molar-refractivity contribution >= 4 is 12.6 Å². The van der Waals surface area contributed by atoms with E-state index in [2.05, 4.69) is 45.6 Å². The highest BCUT2D eigenvalue weighted by atomic mass is 32.1. The number of hydrogen-bond acceptors (Lipinski definition) is 1. The van der Waals surface area contributed by atoms with Gasteiger partial charge in [0.1, 0.15) is 0 Å². The molecule has 1 heteroatoms. The number of hydrogen-bond donors (Lipinski definition) is 1. The molecule has 0 aromatic rings. The van der Waals surface area contributed by atoms with E-state index >= 15 is 0 Å². The molecule has 0 nitrogen and oxygen atoms in total. The first-order chi connectivity index (χ1) is 4.13. The number of thiol groups is 1. The van der Waals surface area contributed by atoms with Crippen LogP contribution in [-0.4, -0.2) is 5.25 Å². The summed E-state index contributed by atoms with van der Waals surface area (Å²) in [5.74, 6) is 0.678. The Hall–Kier alpha value is 0.0900. The zero-order valence-corrected chi connectivity index (χ0v) is 7.36. The van der Waals surface area contributed by atoms with Gasteiger partial charge in [0.25, 0.3) is 0 Å². The minimum absolute atomic E-state index is 0.500. The summed E-state index contributed by atoms with van der Waals surface area (Å²) in [4.78, 5) is 0. The maximum absolute atomic E-state index is 4.25. The van der Waals surface area contributed by atoms with Crippen LogP contribution in [0, 0.1) is 5.92 Å². The van der Waals surface area contributed by atoms with Gasteiger partial charge in [0.2, 0.25) is 0 Å². The summed E-state index contributed by atoms with van der Waals surface area (Å²) < 4.78 is 0. The Labute approximate surface area is 63.8 Å². The highest BCUT2D eigenvalue weighted by Crippen LogP contribution is 2.02. The molecular weight excluding hydrogens is 128 g/mol. The molecule has 0 saturated heterocycles. The molecule has 1 atom stereocenters. The Morgan fingerprint density at radius 3 is 2.22 bits per heavy atom. The van der Waals surface area contributed by atoms with Crippen LogP contribution < -0.4 is 0 Å². The fourth-order valence-corrected chi connectivity index (χ4v) is 0.669. The van der Waals surface area contributed by atoms with Gasteiger partial charge < -0.3 is 0 Å². The molecule has 0 aliphatic rings. The Morgan fingerprint density at radius 2 is 1.89 bits per heavy atom. The normalized spacial score (nSPS) is 15.2. The van der Waals surface area contributed by atoms with Gasteiger partial charge >= 0.3 is 0 Å². The molecule has 0 rings (SSSR count). The van der Waals surface area contributed by atoms with Crippen molar-refractivity contribution in [2.75, 3.05) is 0 Å². The quantitative estimate of drug-likeness (QED) is 0.457. The zero-order valence-electron chi connectivity index (χ0n) is 6.46. The van der Waals surface area contributed by atoms with Crippen LogP contribution >= 0.6 is 12.6 Å². The van der Waals surface area contributed by atoms with Crippen molar-refractivity contribution in [3.63, 3.8) is 0 Å². The fraction of sp³-hybridized carbons (Fsp3) is 0.750. The van der Waals surface area contributed by atoms with E-state index < -0.39 is 0 Å². The maximum atomic E-state index is 4.25. The topological polar surface area (TPSA) is 0 Å². The molecule has 0 heterocycles. The second kappa shape index (κ2) is 4.92. The largest absolute Gasteiger partial charge is 0.176 e. The van der Waals surface area contributed by atoms with Crippen LogP contribution in [0.1, 0.15) is 27.2 Å². The first kappa shape index (κ1) is 9.09. The molecule has 0 amide bonds. The molecule has 0 spiro atoms. The van der Waals surface area contributed by atoms with Crippen LogP contribution in [0.4, 0.5) is 0 Å². The standard InChI is InChI=1S/C8H16S/c1-7(2)5-4-6-8(3)9/h4-5,7-9H,6H2,1-3H3/b5-4-. The molecule has 0 bridgehead atoms. The molecule has 0 N–H and O–H groups in total. The van der Waals surface area contributed by atoms with Crippen LogP contribution in [0.3, 0.4) is 0 Å². The molecule has 0 aromatic heterocycles. The molecule has 0 aliphatic heterocycles. The maximum Gasteiger partial charge on any atom is 0.00229 e. The van der Waals surface area contributed by atoms with Gasteiger partial charge in [-0.2, -0.15) is 12.6 Å². The molecular formula is C8H16S. The lowest BCUT2D eigenvalue weighted by molar-refractivity contribution is 0.821. The van der Waals surface area contributed by atoms with Crippen LogP contribution in [0.25, 0.3) is 0 Å². The number of rotatable bonds is 3. The SMILES string of the molecule is CC(C)/C=C\CC(C)S. The van der Waals surface area contributed by atoms with E-state index in [4.69, 9.17) is 0 Å². The molecule has 0 aromatic carbocycles. The van der Waals surface area contributed by atoms with E-state index in [1.165, 1.54) is 0 Å². The lowest BCUT2D eigenvalue weighted by Crippen LogP contribution is -1.86. The van der Waals surface area contributed by atoms with Gasteiger partial charge in [-0.1, -0.05) is 32.9 Å². The van der Waals surface area contributed by atoms with Crippen molar-refractivity contribution < 1.29 is 0 Å². The van der Waals surface area contributed by atoms with E-state index in [9.17, 15) is 0 Å². The Balaban J connectivity index is 3.25. The van der Waals surface area contributed by atoms with E-state index in [0.717, 1.165) is 6.42 Å². The highest BCUT2D eigenvalue weighted by Gasteiger charge is 1.88. The molecule has 54 valence electrons. The van der Waals surface area contributed by atoms with Gasteiger partial charge in [-0.3, -0.25) is 0 Å². The predicted octanol–water partition coefficient (Wildman–Crippen LogP) is 2.91. The van der Waals surface area contributed by atoms with E-state index in [1.807, 2.05) is 0 Å². The Morgan fingerprint density at radius 1 is 1.33 bits per heavy atom. The van der Waals surface area contributed by atoms with Crippen molar-refractivity contribution in [3.8, 4) is 0 Å². The van der Waals surface area contributed by atoms with Gasteiger partial charge in [0, 0.05) is 5.25 Å². The van der Waals surface area contributed by atoms with Crippen molar-refractivity contribution in [1.82, 2.24) is 0 Å². The first-order valence-corrected chi connectivity index (χ1v) is 3.99. The third-order valence-corrected chi connectivity index (χ3v) is 1.21. The van der Waals surface area contributed by atoms with Gasteiger partial charge in [0.05, 0.1) is 0 Å². The van der Waals surface area contributed by atoms with E-state index in [1.54, 1.807) is 0 Å². The third kappa shape index (κ3) is 8.09. The minimum Gasteiger partial charge on any atom is -0.176 e. The predicted molar refractivity (Wildman–Crippen MR) is 47.0 cm³/mol. The van der Waals surface area contributed by atoms with Crippen LogP contribution in [0.15, 0.2) is 12.2 Å². The van der Waals surface area contributed by atoms with Crippen LogP contribution in [0.2, 0.25) is 0 Å². The second-order valence-electron chi connectivity index (χ2n) is 2.76. The molecule has 0 aliphatic carbocycles. The van der Waals surface area contributed by atoms with Gasteiger partial charge in [0.15, 0.2) is 0 Å². The lowest BCUT2D eigenvalue weighted by Gasteiger charge is -1.97. The first-order valence-electron chi connectivity index (χ1n) is 3.47. The average Bonchev–Trinajstić information content (AvgIpc) is 1.63. The fourth-order valence-electron chi connectivity index (χ4n) is 0.548.